The first-order chi connectivity index (χ1) is 8.70. The number of aliphatic hydroxyl groups is 1. The zero-order chi connectivity index (χ0) is 13.0. The van der Waals surface area contributed by atoms with Gasteiger partial charge in [0.05, 0.1) is 11.6 Å². The number of aryl methyl sites for hydroxylation is 1. The summed E-state index contributed by atoms with van der Waals surface area (Å²) in [7, 11) is 0. The van der Waals surface area contributed by atoms with E-state index in [0.717, 1.165) is 24.2 Å². The summed E-state index contributed by atoms with van der Waals surface area (Å²) in [5.74, 6) is 0. The molecular formula is C15H20N2O. The van der Waals surface area contributed by atoms with Gasteiger partial charge in [-0.1, -0.05) is 25.1 Å². The molecule has 96 valence electrons. The zero-order valence-corrected chi connectivity index (χ0v) is 11.0. The zero-order valence-electron chi connectivity index (χ0n) is 11.0. The number of nitrogens with one attached hydrogen (secondary N) is 1. The molecule has 1 unspecified atom stereocenters. The van der Waals surface area contributed by atoms with E-state index in [2.05, 4.69) is 22.4 Å². The third kappa shape index (κ3) is 3.06. The number of aromatic nitrogens is 1. The van der Waals surface area contributed by atoms with E-state index >= 15 is 0 Å². The number of nitrogens with zero attached hydrogens (tertiary/aromatic N) is 1. The number of para-hydroxylation sites is 1. The molecule has 3 heteroatoms. The van der Waals surface area contributed by atoms with Crippen molar-refractivity contribution in [2.75, 3.05) is 6.54 Å². The van der Waals surface area contributed by atoms with Crippen LogP contribution >= 0.6 is 0 Å². The van der Waals surface area contributed by atoms with Gasteiger partial charge in [0.1, 0.15) is 0 Å². The summed E-state index contributed by atoms with van der Waals surface area (Å²) in [6, 6.07) is 10.3. The molecule has 0 spiro atoms. The maximum Gasteiger partial charge on any atom is 0.0708 e. The van der Waals surface area contributed by atoms with E-state index in [9.17, 15) is 5.11 Å². The maximum absolute atomic E-state index is 9.53. The first-order valence-electron chi connectivity index (χ1n) is 6.44. The minimum Gasteiger partial charge on any atom is -0.392 e. The van der Waals surface area contributed by atoms with Crippen LogP contribution in [0, 0.1) is 6.92 Å². The van der Waals surface area contributed by atoms with Crippen molar-refractivity contribution in [3.05, 3.63) is 41.6 Å². The van der Waals surface area contributed by atoms with Crippen molar-refractivity contribution in [3.63, 3.8) is 0 Å². The minimum absolute atomic E-state index is 0.265. The van der Waals surface area contributed by atoms with Gasteiger partial charge in [0.15, 0.2) is 0 Å². The molecule has 2 N–H and O–H groups in total. The Kier molecular flexibility index (Phi) is 4.28. The Hall–Kier alpha value is -1.45. The Labute approximate surface area is 108 Å². The molecule has 0 aliphatic heterocycles. The molecule has 0 fully saturated rings. The fourth-order valence-corrected chi connectivity index (χ4v) is 2.06. The van der Waals surface area contributed by atoms with Crippen molar-refractivity contribution in [2.45, 2.75) is 32.9 Å². The monoisotopic (exact) mass is 244 g/mol. The number of benzene rings is 1. The molecular weight excluding hydrogens is 224 g/mol. The SMILES string of the molecule is CCC(O)CNCc1cc(C)nc2ccccc12. The Morgan fingerprint density at radius 3 is 2.89 bits per heavy atom. The van der Waals surface area contributed by atoms with Crippen LogP contribution in [0.3, 0.4) is 0 Å². The average Bonchev–Trinajstić information content (AvgIpc) is 2.38. The van der Waals surface area contributed by atoms with Gasteiger partial charge in [0.2, 0.25) is 0 Å². The highest BCUT2D eigenvalue weighted by Crippen LogP contribution is 2.17. The molecule has 0 bridgehead atoms. The molecule has 2 rings (SSSR count). The largest absolute Gasteiger partial charge is 0.392 e. The predicted molar refractivity (Wildman–Crippen MR) is 74.5 cm³/mol. The third-order valence-electron chi connectivity index (χ3n) is 3.10. The molecule has 1 heterocycles. The number of rotatable bonds is 5. The summed E-state index contributed by atoms with van der Waals surface area (Å²) in [6.07, 6.45) is 0.516. The molecule has 2 aromatic rings. The lowest BCUT2D eigenvalue weighted by atomic mass is 10.1. The summed E-state index contributed by atoms with van der Waals surface area (Å²) in [5, 5.41) is 14.0. The van der Waals surface area contributed by atoms with Crippen molar-refractivity contribution in [1.82, 2.24) is 10.3 Å². The van der Waals surface area contributed by atoms with Gasteiger partial charge in [-0.25, -0.2) is 0 Å². The van der Waals surface area contributed by atoms with Crippen molar-refractivity contribution in [1.29, 1.82) is 0 Å². The highest BCUT2D eigenvalue weighted by Gasteiger charge is 2.04. The number of hydrogen-bond acceptors (Lipinski definition) is 3. The van der Waals surface area contributed by atoms with Crippen LogP contribution in [-0.2, 0) is 6.54 Å². The van der Waals surface area contributed by atoms with Crippen molar-refractivity contribution in [3.8, 4) is 0 Å². The summed E-state index contributed by atoms with van der Waals surface area (Å²) >= 11 is 0. The maximum atomic E-state index is 9.53. The summed E-state index contributed by atoms with van der Waals surface area (Å²) in [6.45, 7) is 5.39. The second-order valence-electron chi connectivity index (χ2n) is 4.63. The van der Waals surface area contributed by atoms with Crippen LogP contribution in [0.4, 0.5) is 0 Å². The summed E-state index contributed by atoms with van der Waals surface area (Å²) in [5.41, 5.74) is 3.30. The molecule has 18 heavy (non-hydrogen) atoms. The summed E-state index contributed by atoms with van der Waals surface area (Å²) in [4.78, 5) is 4.52. The second kappa shape index (κ2) is 5.94. The number of pyridine rings is 1. The van der Waals surface area contributed by atoms with E-state index < -0.39 is 0 Å². The van der Waals surface area contributed by atoms with Gasteiger partial charge < -0.3 is 10.4 Å². The minimum atomic E-state index is -0.265. The lowest BCUT2D eigenvalue weighted by Gasteiger charge is -2.11. The van der Waals surface area contributed by atoms with E-state index in [1.807, 2.05) is 32.0 Å². The van der Waals surface area contributed by atoms with Gasteiger partial charge in [-0.2, -0.15) is 0 Å². The van der Waals surface area contributed by atoms with Crippen LogP contribution in [0.2, 0.25) is 0 Å². The normalized spacial score (nSPS) is 12.8. The molecule has 0 saturated heterocycles. The van der Waals surface area contributed by atoms with Crippen molar-refractivity contribution < 1.29 is 5.11 Å². The van der Waals surface area contributed by atoms with Gasteiger partial charge in [0, 0.05) is 24.2 Å². The van der Waals surface area contributed by atoms with Gasteiger partial charge >= 0.3 is 0 Å². The van der Waals surface area contributed by atoms with Gasteiger partial charge in [0.25, 0.3) is 0 Å². The first kappa shape index (κ1) is 13.0. The Balaban J connectivity index is 2.17. The van der Waals surface area contributed by atoms with Crippen LogP contribution in [-0.4, -0.2) is 22.7 Å². The smallest absolute Gasteiger partial charge is 0.0708 e. The Bertz CT molecular complexity index is 525. The van der Waals surface area contributed by atoms with E-state index in [1.54, 1.807) is 0 Å². The van der Waals surface area contributed by atoms with E-state index in [1.165, 1.54) is 10.9 Å². The van der Waals surface area contributed by atoms with Crippen LogP contribution in [0.1, 0.15) is 24.6 Å². The molecule has 1 aromatic carbocycles. The van der Waals surface area contributed by atoms with Crippen LogP contribution in [0.15, 0.2) is 30.3 Å². The van der Waals surface area contributed by atoms with Gasteiger partial charge in [-0.05, 0) is 31.0 Å². The Morgan fingerprint density at radius 1 is 1.33 bits per heavy atom. The van der Waals surface area contributed by atoms with Crippen LogP contribution in [0.5, 0.6) is 0 Å². The molecule has 0 aliphatic carbocycles. The van der Waals surface area contributed by atoms with Gasteiger partial charge in [-0.3, -0.25) is 4.98 Å². The molecule has 0 amide bonds. The van der Waals surface area contributed by atoms with E-state index in [4.69, 9.17) is 0 Å². The van der Waals surface area contributed by atoms with Crippen LogP contribution < -0.4 is 5.32 Å². The predicted octanol–water partition coefficient (Wildman–Crippen LogP) is 2.40. The lowest BCUT2D eigenvalue weighted by molar-refractivity contribution is 0.167. The second-order valence-corrected chi connectivity index (χ2v) is 4.63. The lowest BCUT2D eigenvalue weighted by Crippen LogP contribution is -2.25. The highest BCUT2D eigenvalue weighted by atomic mass is 16.3. The standard InChI is InChI=1S/C15H20N2O/c1-3-13(18)10-16-9-12-8-11(2)17-15-7-5-4-6-14(12)15/h4-8,13,16,18H,3,9-10H2,1-2H3. The van der Waals surface area contributed by atoms with Crippen LogP contribution in [0.25, 0.3) is 10.9 Å². The number of hydrogen-bond donors (Lipinski definition) is 2. The van der Waals surface area contributed by atoms with Crippen molar-refractivity contribution >= 4 is 10.9 Å². The number of aliphatic hydroxyl groups excluding tert-OH is 1. The third-order valence-corrected chi connectivity index (χ3v) is 3.10. The Morgan fingerprint density at radius 2 is 2.11 bits per heavy atom. The first-order valence-corrected chi connectivity index (χ1v) is 6.44. The van der Waals surface area contributed by atoms with E-state index in [0.29, 0.717) is 6.54 Å². The van der Waals surface area contributed by atoms with Gasteiger partial charge in [-0.15, -0.1) is 0 Å². The fraction of sp³-hybridized carbons (Fsp3) is 0.400. The highest BCUT2D eigenvalue weighted by molar-refractivity contribution is 5.82. The topological polar surface area (TPSA) is 45.1 Å². The molecule has 0 radical (unpaired) electrons. The molecule has 0 saturated carbocycles. The average molecular weight is 244 g/mol. The van der Waals surface area contributed by atoms with Crippen molar-refractivity contribution in [2.24, 2.45) is 0 Å². The molecule has 1 aromatic heterocycles. The number of fused-ring (bicyclic) bond motifs is 1. The molecule has 0 aliphatic rings. The summed E-state index contributed by atoms with van der Waals surface area (Å²) < 4.78 is 0. The molecule has 1 atom stereocenters. The molecule has 3 nitrogen and oxygen atoms in total. The quantitative estimate of drug-likeness (QED) is 0.849. The fourth-order valence-electron chi connectivity index (χ4n) is 2.06. The van der Waals surface area contributed by atoms with E-state index in [-0.39, 0.29) is 6.10 Å².